The second-order valence-corrected chi connectivity index (χ2v) is 5.44. The van der Waals surface area contributed by atoms with E-state index in [1.54, 1.807) is 6.92 Å². The Morgan fingerprint density at radius 3 is 2.58 bits per heavy atom. The molecule has 1 aromatic rings. The molecule has 8 heteroatoms. The van der Waals surface area contributed by atoms with Gasteiger partial charge >= 0.3 is 6.18 Å². The smallest absolute Gasteiger partial charge is 0.371 e. The first-order valence-electron chi connectivity index (χ1n) is 5.23. The summed E-state index contributed by atoms with van der Waals surface area (Å²) in [6.45, 7) is 1.68. The number of nitrogens with zero attached hydrogens (tertiary/aromatic N) is 2. The summed E-state index contributed by atoms with van der Waals surface area (Å²) in [6.07, 6.45) is -3.09. The van der Waals surface area contributed by atoms with E-state index in [-0.39, 0.29) is 10.3 Å². The highest BCUT2D eigenvalue weighted by atomic mass is 79.9. The largest absolute Gasteiger partial charge is 0.417 e. The number of pyridine rings is 1. The average Bonchev–Trinajstić information content (AvgIpc) is 2.56. The van der Waals surface area contributed by atoms with Gasteiger partial charge in [0, 0.05) is 16.9 Å². The molecule has 2 heterocycles. The van der Waals surface area contributed by atoms with E-state index < -0.39 is 23.3 Å². The van der Waals surface area contributed by atoms with E-state index in [2.05, 4.69) is 20.9 Å². The number of aliphatic hydroxyl groups excluding tert-OH is 1. The average molecular weight is 358 g/mol. The highest BCUT2D eigenvalue weighted by molar-refractivity contribution is 9.10. The van der Waals surface area contributed by atoms with E-state index in [4.69, 9.17) is 11.6 Å². The highest BCUT2D eigenvalue weighted by Crippen LogP contribution is 2.37. The van der Waals surface area contributed by atoms with Gasteiger partial charge in [-0.15, -0.1) is 11.6 Å². The van der Waals surface area contributed by atoms with Crippen LogP contribution in [0.5, 0.6) is 0 Å². The number of hydrogen-bond donors (Lipinski definition) is 1. The standard InChI is InChI=1S/C11H9BrClF3N2O/c1-5-4-18(10(19)9(5)13)8-2-6(11(14,15)16)7(12)3-17-8/h2-4,9-10,19H,1H3. The minimum absolute atomic E-state index is 0.00877. The molecule has 1 N–H and O–H groups in total. The molecule has 0 radical (unpaired) electrons. The second kappa shape index (κ2) is 4.96. The molecule has 0 spiro atoms. The Labute approximate surface area is 120 Å². The summed E-state index contributed by atoms with van der Waals surface area (Å²) < 4.78 is 38.2. The normalized spacial score (nSPS) is 23.7. The van der Waals surface area contributed by atoms with Gasteiger partial charge in [-0.1, -0.05) is 0 Å². The number of rotatable bonds is 1. The Morgan fingerprint density at radius 1 is 1.47 bits per heavy atom. The summed E-state index contributed by atoms with van der Waals surface area (Å²) >= 11 is 8.71. The summed E-state index contributed by atoms with van der Waals surface area (Å²) in [5.41, 5.74) is -0.193. The van der Waals surface area contributed by atoms with Crippen molar-refractivity contribution >= 4 is 33.3 Å². The van der Waals surface area contributed by atoms with E-state index >= 15 is 0 Å². The van der Waals surface area contributed by atoms with Crippen LogP contribution in [0.4, 0.5) is 19.0 Å². The van der Waals surface area contributed by atoms with Crippen molar-refractivity contribution in [2.45, 2.75) is 24.7 Å². The Bertz CT molecular complexity index is 535. The SMILES string of the molecule is CC1=CN(c2cc(C(F)(F)F)c(Br)cn2)C(O)C1Cl. The van der Waals surface area contributed by atoms with Crippen LogP contribution in [0.15, 0.2) is 28.5 Å². The molecule has 19 heavy (non-hydrogen) atoms. The van der Waals surface area contributed by atoms with Crippen LogP contribution in [-0.4, -0.2) is 21.7 Å². The summed E-state index contributed by atoms with van der Waals surface area (Å²) in [5.74, 6) is -0.00877. The first-order valence-corrected chi connectivity index (χ1v) is 6.46. The molecule has 1 aliphatic rings. The predicted octanol–water partition coefficient (Wildman–Crippen LogP) is 3.51. The molecule has 0 saturated carbocycles. The minimum atomic E-state index is -4.50. The number of hydrogen-bond acceptors (Lipinski definition) is 3. The van der Waals surface area contributed by atoms with Gasteiger partial charge in [-0.25, -0.2) is 4.98 Å². The van der Waals surface area contributed by atoms with Crippen molar-refractivity contribution in [1.29, 1.82) is 0 Å². The molecule has 0 amide bonds. The fourth-order valence-corrected chi connectivity index (χ4v) is 2.35. The third-order valence-corrected chi connectivity index (χ3v) is 3.94. The van der Waals surface area contributed by atoms with Gasteiger partial charge in [-0.05, 0) is 34.5 Å². The molecule has 0 aromatic carbocycles. The van der Waals surface area contributed by atoms with Crippen LogP contribution < -0.4 is 4.90 Å². The molecule has 1 aliphatic heterocycles. The maximum Gasteiger partial charge on any atom is 0.417 e. The lowest BCUT2D eigenvalue weighted by Crippen LogP contribution is -2.33. The maximum atomic E-state index is 12.8. The van der Waals surface area contributed by atoms with Crippen molar-refractivity contribution in [2.24, 2.45) is 0 Å². The zero-order valence-corrected chi connectivity index (χ0v) is 12.0. The van der Waals surface area contributed by atoms with Crippen LogP contribution in [0, 0.1) is 0 Å². The topological polar surface area (TPSA) is 36.4 Å². The van der Waals surface area contributed by atoms with Crippen molar-refractivity contribution in [3.63, 3.8) is 0 Å². The van der Waals surface area contributed by atoms with Crippen LogP contribution in [-0.2, 0) is 6.18 Å². The van der Waals surface area contributed by atoms with E-state index in [1.807, 2.05) is 0 Å². The van der Waals surface area contributed by atoms with Crippen molar-refractivity contribution in [2.75, 3.05) is 4.90 Å². The second-order valence-electron chi connectivity index (χ2n) is 4.12. The van der Waals surface area contributed by atoms with E-state index in [0.717, 1.165) is 12.3 Å². The van der Waals surface area contributed by atoms with Gasteiger partial charge in [0.25, 0.3) is 0 Å². The molecule has 3 nitrogen and oxygen atoms in total. The molecule has 0 saturated heterocycles. The summed E-state index contributed by atoms with van der Waals surface area (Å²) in [6, 6.07) is 0.867. The fraction of sp³-hybridized carbons (Fsp3) is 0.364. The van der Waals surface area contributed by atoms with Crippen molar-refractivity contribution in [3.8, 4) is 0 Å². The van der Waals surface area contributed by atoms with Crippen molar-refractivity contribution in [1.82, 2.24) is 4.98 Å². The quantitative estimate of drug-likeness (QED) is 0.782. The molecule has 104 valence electrons. The van der Waals surface area contributed by atoms with E-state index in [9.17, 15) is 18.3 Å². The monoisotopic (exact) mass is 356 g/mol. The molecule has 0 fully saturated rings. The van der Waals surface area contributed by atoms with Gasteiger partial charge in [0.2, 0.25) is 0 Å². The molecular formula is C11H9BrClF3N2O. The summed E-state index contributed by atoms with van der Waals surface area (Å²) in [5, 5.41) is 9.19. The van der Waals surface area contributed by atoms with Gasteiger partial charge in [0.1, 0.15) is 11.2 Å². The Balaban J connectivity index is 2.43. The van der Waals surface area contributed by atoms with E-state index in [0.29, 0.717) is 5.57 Å². The number of aliphatic hydroxyl groups is 1. The van der Waals surface area contributed by atoms with Crippen molar-refractivity contribution < 1.29 is 18.3 Å². The fourth-order valence-electron chi connectivity index (χ4n) is 1.73. The Morgan fingerprint density at radius 2 is 2.11 bits per heavy atom. The molecule has 2 atom stereocenters. The van der Waals surface area contributed by atoms with Gasteiger partial charge < -0.3 is 10.0 Å². The predicted molar refractivity (Wildman–Crippen MR) is 68.8 cm³/mol. The number of aromatic nitrogens is 1. The van der Waals surface area contributed by atoms with Gasteiger partial charge in [-0.3, -0.25) is 0 Å². The summed E-state index contributed by atoms with van der Waals surface area (Å²) in [4.78, 5) is 5.09. The summed E-state index contributed by atoms with van der Waals surface area (Å²) in [7, 11) is 0. The van der Waals surface area contributed by atoms with Crippen molar-refractivity contribution in [3.05, 3.63) is 34.1 Å². The third-order valence-electron chi connectivity index (χ3n) is 2.74. The zero-order chi connectivity index (χ0) is 14.4. The zero-order valence-electron chi connectivity index (χ0n) is 9.62. The molecule has 0 bridgehead atoms. The van der Waals surface area contributed by atoms with Crippen LogP contribution in [0.25, 0.3) is 0 Å². The number of halogens is 5. The van der Waals surface area contributed by atoms with Gasteiger partial charge in [0.05, 0.1) is 5.56 Å². The maximum absolute atomic E-state index is 12.8. The first kappa shape index (κ1) is 14.6. The van der Waals surface area contributed by atoms with Crippen LogP contribution >= 0.6 is 27.5 Å². The lowest BCUT2D eigenvalue weighted by atomic mass is 10.2. The number of anilines is 1. The Kier molecular flexibility index (Phi) is 3.81. The van der Waals surface area contributed by atoms with E-state index in [1.165, 1.54) is 11.1 Å². The minimum Gasteiger partial charge on any atom is -0.371 e. The molecule has 1 aromatic heterocycles. The Hall–Kier alpha value is -0.790. The molecular weight excluding hydrogens is 348 g/mol. The molecule has 0 aliphatic carbocycles. The van der Waals surface area contributed by atoms with Crippen LogP contribution in [0.1, 0.15) is 12.5 Å². The lowest BCUT2D eigenvalue weighted by Gasteiger charge is -2.22. The van der Waals surface area contributed by atoms with Gasteiger partial charge in [0.15, 0.2) is 6.23 Å². The lowest BCUT2D eigenvalue weighted by molar-refractivity contribution is -0.138. The first-order chi connectivity index (χ1) is 8.71. The van der Waals surface area contributed by atoms with Gasteiger partial charge in [-0.2, -0.15) is 13.2 Å². The van der Waals surface area contributed by atoms with Crippen LogP contribution in [0.2, 0.25) is 0 Å². The van der Waals surface area contributed by atoms with Crippen LogP contribution in [0.3, 0.4) is 0 Å². The molecule has 2 unspecified atom stereocenters. The molecule has 2 rings (SSSR count). The highest BCUT2D eigenvalue weighted by Gasteiger charge is 2.36. The number of alkyl halides is 4. The third kappa shape index (κ3) is 2.73.